The molecular formula is C23H15NO8. The fraction of sp³-hybridized carbons (Fsp3) is 0.0870. The van der Waals surface area contributed by atoms with Gasteiger partial charge in [0.05, 0.1) is 11.1 Å². The minimum atomic E-state index is -1.47. The normalized spacial score (nSPS) is 17.6. The first kappa shape index (κ1) is 19.4. The van der Waals surface area contributed by atoms with Crippen molar-refractivity contribution in [2.24, 2.45) is 5.73 Å². The molecule has 0 radical (unpaired) electrons. The fourth-order valence-corrected chi connectivity index (χ4v) is 4.18. The number of carbonyl (C=O) groups excluding carboxylic acids is 2. The van der Waals surface area contributed by atoms with Gasteiger partial charge in [0.15, 0.2) is 12.2 Å². The maximum Gasteiger partial charge on any atom is 0.341 e. The third-order valence-corrected chi connectivity index (χ3v) is 5.42. The minimum Gasteiger partial charge on any atom is -0.508 e. The lowest BCUT2D eigenvalue weighted by Gasteiger charge is -2.36. The molecule has 2 heterocycles. The lowest BCUT2D eigenvalue weighted by atomic mass is 9.77. The van der Waals surface area contributed by atoms with E-state index in [1.54, 1.807) is 24.3 Å². The van der Waals surface area contributed by atoms with Gasteiger partial charge in [-0.05, 0) is 30.3 Å². The van der Waals surface area contributed by atoms with E-state index in [1.165, 1.54) is 30.3 Å². The van der Waals surface area contributed by atoms with Crippen LogP contribution in [0.3, 0.4) is 0 Å². The number of phenolic OH excluding ortho intramolecular Hbond substituents is 1. The average Bonchev–Trinajstić information content (AvgIpc) is 3.05. The van der Waals surface area contributed by atoms with Crippen LogP contribution in [0.2, 0.25) is 0 Å². The molecule has 160 valence electrons. The number of carbonyl (C=O) groups is 3. The number of aliphatic carboxylic acids is 1. The van der Waals surface area contributed by atoms with E-state index in [2.05, 4.69) is 0 Å². The van der Waals surface area contributed by atoms with Crippen molar-refractivity contribution >= 4 is 17.8 Å². The lowest BCUT2D eigenvalue weighted by molar-refractivity contribution is -0.139. The predicted octanol–water partition coefficient (Wildman–Crippen LogP) is 2.52. The molecule has 5 rings (SSSR count). The van der Waals surface area contributed by atoms with E-state index in [9.17, 15) is 19.5 Å². The largest absolute Gasteiger partial charge is 0.508 e. The molecule has 0 saturated heterocycles. The van der Waals surface area contributed by atoms with Gasteiger partial charge in [-0.25, -0.2) is 9.59 Å². The van der Waals surface area contributed by atoms with Crippen molar-refractivity contribution in [1.82, 2.24) is 0 Å². The zero-order valence-corrected chi connectivity index (χ0v) is 16.3. The minimum absolute atomic E-state index is 0.0270. The van der Waals surface area contributed by atoms with Crippen LogP contribution in [-0.4, -0.2) is 34.7 Å². The summed E-state index contributed by atoms with van der Waals surface area (Å²) in [5.74, 6) is -2.04. The Balaban J connectivity index is 1.78. The van der Waals surface area contributed by atoms with Gasteiger partial charge in [0, 0.05) is 28.8 Å². The van der Waals surface area contributed by atoms with Crippen LogP contribution >= 0.6 is 0 Å². The van der Waals surface area contributed by atoms with Crippen molar-refractivity contribution in [1.29, 1.82) is 0 Å². The number of aromatic hydroxyl groups is 1. The van der Waals surface area contributed by atoms with Crippen molar-refractivity contribution < 1.29 is 38.8 Å². The van der Waals surface area contributed by atoms with Crippen LogP contribution in [0, 0.1) is 0 Å². The zero-order chi connectivity index (χ0) is 22.6. The summed E-state index contributed by atoms with van der Waals surface area (Å²) in [5, 5.41) is 18.9. The van der Waals surface area contributed by atoms with Crippen molar-refractivity contribution in [2.45, 2.75) is 5.60 Å². The molecule has 3 aromatic rings. The molecule has 0 aliphatic carbocycles. The third-order valence-electron chi connectivity index (χ3n) is 5.42. The predicted molar refractivity (Wildman–Crippen MR) is 108 cm³/mol. The standard InChI is InChI=1S/C23H15NO8/c24-21(28)13-2-1-3-16-20(13)22(29)32-23(16)14-6-4-11(25)8-17(14)31-18-9-12(5-7-15(18)23)30-10-19(26)27/h1-9,25H,10H2,(H2,24,28)(H,26,27). The SMILES string of the molecule is NC(=O)c1cccc2c1C(=O)OC21c2ccc(O)cc2Oc2cc(OCC(=O)O)ccc21. The van der Waals surface area contributed by atoms with E-state index in [1.807, 2.05) is 0 Å². The number of fused-ring (bicyclic) bond motifs is 6. The molecule has 0 aromatic heterocycles. The number of nitrogens with two attached hydrogens (primary N) is 1. The van der Waals surface area contributed by atoms with Gasteiger partial charge in [0.1, 0.15) is 23.0 Å². The van der Waals surface area contributed by atoms with Crippen LogP contribution in [0.5, 0.6) is 23.0 Å². The van der Waals surface area contributed by atoms with Crippen LogP contribution in [0.15, 0.2) is 54.6 Å². The molecule has 0 saturated carbocycles. The van der Waals surface area contributed by atoms with Crippen LogP contribution in [0.4, 0.5) is 0 Å². The molecule has 32 heavy (non-hydrogen) atoms. The molecule has 3 aromatic carbocycles. The summed E-state index contributed by atoms with van der Waals surface area (Å²) in [4.78, 5) is 35.8. The molecule has 2 aliphatic rings. The van der Waals surface area contributed by atoms with Crippen molar-refractivity contribution in [3.05, 3.63) is 82.4 Å². The van der Waals surface area contributed by atoms with Crippen molar-refractivity contribution in [3.63, 3.8) is 0 Å². The summed E-state index contributed by atoms with van der Waals surface area (Å²) < 4.78 is 17.1. The molecular weight excluding hydrogens is 418 g/mol. The average molecular weight is 433 g/mol. The molecule has 4 N–H and O–H groups in total. The maximum absolute atomic E-state index is 13.0. The number of ether oxygens (including phenoxy) is 3. The van der Waals surface area contributed by atoms with E-state index in [-0.39, 0.29) is 34.1 Å². The first-order chi connectivity index (χ1) is 15.3. The quantitative estimate of drug-likeness (QED) is 0.532. The summed E-state index contributed by atoms with van der Waals surface area (Å²) in [7, 11) is 0. The number of carboxylic acids is 1. The number of primary amides is 1. The number of benzene rings is 3. The summed E-state index contributed by atoms with van der Waals surface area (Å²) in [6.45, 7) is -0.554. The smallest absolute Gasteiger partial charge is 0.341 e. The Hall–Kier alpha value is -4.53. The highest BCUT2D eigenvalue weighted by Crippen LogP contribution is 2.57. The monoisotopic (exact) mass is 433 g/mol. The maximum atomic E-state index is 13.0. The van der Waals surface area contributed by atoms with Crippen molar-refractivity contribution in [2.75, 3.05) is 6.61 Å². The number of hydrogen-bond donors (Lipinski definition) is 3. The summed E-state index contributed by atoms with van der Waals surface area (Å²) in [5.41, 5.74) is 5.37. The second-order valence-corrected chi connectivity index (χ2v) is 7.29. The molecule has 1 unspecified atom stereocenters. The number of hydrogen-bond acceptors (Lipinski definition) is 7. The lowest BCUT2D eigenvalue weighted by Crippen LogP contribution is -2.33. The summed E-state index contributed by atoms with van der Waals surface area (Å²) in [6, 6.07) is 13.7. The molecule has 0 fully saturated rings. The van der Waals surface area contributed by atoms with Crippen LogP contribution in [0.1, 0.15) is 37.4 Å². The zero-order valence-electron chi connectivity index (χ0n) is 16.3. The molecule has 2 aliphatic heterocycles. The van der Waals surface area contributed by atoms with Gasteiger partial charge in [0.2, 0.25) is 5.91 Å². The number of phenols is 1. The number of amides is 1. The first-order valence-corrected chi connectivity index (χ1v) is 9.48. The van der Waals surface area contributed by atoms with Crippen LogP contribution in [-0.2, 0) is 15.1 Å². The molecule has 9 nitrogen and oxygen atoms in total. The number of rotatable bonds is 4. The van der Waals surface area contributed by atoms with E-state index < -0.39 is 30.1 Å². The van der Waals surface area contributed by atoms with Gasteiger partial charge in [-0.1, -0.05) is 12.1 Å². The van der Waals surface area contributed by atoms with Crippen LogP contribution in [0.25, 0.3) is 0 Å². The van der Waals surface area contributed by atoms with Gasteiger partial charge in [0.25, 0.3) is 0 Å². The molecule has 1 spiro atoms. The number of esters is 1. The third kappa shape index (κ3) is 2.68. The Morgan fingerprint density at radius 1 is 1.00 bits per heavy atom. The summed E-state index contributed by atoms with van der Waals surface area (Å²) in [6.07, 6.45) is 0. The highest BCUT2D eigenvalue weighted by Gasteiger charge is 2.54. The second-order valence-electron chi connectivity index (χ2n) is 7.29. The molecule has 0 bridgehead atoms. The Bertz CT molecular complexity index is 1330. The highest BCUT2D eigenvalue weighted by molar-refractivity contribution is 6.08. The highest BCUT2D eigenvalue weighted by atomic mass is 16.6. The van der Waals surface area contributed by atoms with E-state index in [0.29, 0.717) is 16.7 Å². The molecule has 1 atom stereocenters. The Morgan fingerprint density at radius 2 is 1.72 bits per heavy atom. The summed E-state index contributed by atoms with van der Waals surface area (Å²) >= 11 is 0. The van der Waals surface area contributed by atoms with Gasteiger partial charge in [-0.2, -0.15) is 0 Å². The molecule has 9 heteroatoms. The van der Waals surface area contributed by atoms with Crippen molar-refractivity contribution in [3.8, 4) is 23.0 Å². The van der Waals surface area contributed by atoms with E-state index >= 15 is 0 Å². The Morgan fingerprint density at radius 3 is 2.44 bits per heavy atom. The first-order valence-electron chi connectivity index (χ1n) is 9.48. The molecule has 1 amide bonds. The number of carboxylic acid groups (broad SMARTS) is 1. The van der Waals surface area contributed by atoms with Gasteiger partial charge >= 0.3 is 11.9 Å². The van der Waals surface area contributed by atoms with Gasteiger partial charge < -0.3 is 30.2 Å². The Labute approximate surface area is 180 Å². The second kappa shape index (κ2) is 6.74. The van der Waals surface area contributed by atoms with Crippen LogP contribution < -0.4 is 15.2 Å². The Kier molecular flexibility index (Phi) is 4.09. The van der Waals surface area contributed by atoms with E-state index in [4.69, 9.17) is 25.1 Å². The van der Waals surface area contributed by atoms with Gasteiger partial charge in [-0.3, -0.25) is 4.79 Å². The van der Waals surface area contributed by atoms with E-state index in [0.717, 1.165) is 0 Å². The fourth-order valence-electron chi connectivity index (χ4n) is 4.18. The topological polar surface area (TPSA) is 145 Å². The van der Waals surface area contributed by atoms with Gasteiger partial charge in [-0.15, -0.1) is 0 Å².